The first-order valence-corrected chi connectivity index (χ1v) is 3.68. The summed E-state index contributed by atoms with van der Waals surface area (Å²) in [5.74, 6) is 0. The third-order valence-electron chi connectivity index (χ3n) is 2.08. The lowest BCUT2D eigenvalue weighted by molar-refractivity contribution is 1.14. The summed E-state index contributed by atoms with van der Waals surface area (Å²) < 4.78 is 2.03. The van der Waals surface area contributed by atoms with E-state index in [2.05, 4.69) is 24.9 Å². The van der Waals surface area contributed by atoms with E-state index in [9.17, 15) is 0 Å². The maximum absolute atomic E-state index is 4.24. The molecule has 0 amide bonds. The van der Waals surface area contributed by atoms with Crippen molar-refractivity contribution in [2.45, 2.75) is 13.8 Å². The van der Waals surface area contributed by atoms with Crippen LogP contribution in [0.15, 0.2) is 24.7 Å². The molecule has 0 aromatic carbocycles. The van der Waals surface area contributed by atoms with Crippen molar-refractivity contribution in [3.63, 3.8) is 0 Å². The number of pyridine rings is 1. The minimum atomic E-state index is 1.06. The van der Waals surface area contributed by atoms with Gasteiger partial charge < -0.3 is 4.40 Å². The van der Waals surface area contributed by atoms with Crippen molar-refractivity contribution in [2.75, 3.05) is 0 Å². The Bertz CT molecular complexity index is 387. The number of aryl methyl sites for hydroxylation is 2. The molecule has 2 nitrogen and oxygen atoms in total. The number of rotatable bonds is 0. The standard InChI is InChI=1S/C9H10N2/c1-7-3-5-11-6-4-10-9(11)8(7)2/h3-6H,1-2H3. The highest BCUT2D eigenvalue weighted by molar-refractivity contribution is 5.50. The molecule has 0 aliphatic heterocycles. The van der Waals surface area contributed by atoms with E-state index >= 15 is 0 Å². The molecule has 0 saturated heterocycles. The van der Waals surface area contributed by atoms with Crippen LogP contribution in [0.3, 0.4) is 0 Å². The van der Waals surface area contributed by atoms with Crippen molar-refractivity contribution in [1.82, 2.24) is 9.38 Å². The maximum Gasteiger partial charge on any atom is 0.139 e. The minimum Gasteiger partial charge on any atom is -0.307 e. The van der Waals surface area contributed by atoms with Gasteiger partial charge in [0, 0.05) is 18.6 Å². The molecule has 0 bridgehead atoms. The normalized spacial score (nSPS) is 10.7. The number of imidazole rings is 1. The van der Waals surface area contributed by atoms with Crippen molar-refractivity contribution in [3.05, 3.63) is 35.8 Å². The molecule has 11 heavy (non-hydrogen) atoms. The largest absolute Gasteiger partial charge is 0.307 e. The SMILES string of the molecule is Cc1ccn2ccnc2c1C. The fourth-order valence-electron chi connectivity index (χ4n) is 1.22. The second kappa shape index (κ2) is 2.09. The molecule has 0 aliphatic rings. The molecule has 0 unspecified atom stereocenters. The van der Waals surface area contributed by atoms with Crippen molar-refractivity contribution >= 4 is 5.65 Å². The fourth-order valence-corrected chi connectivity index (χ4v) is 1.22. The number of nitrogens with zero attached hydrogens (tertiary/aromatic N) is 2. The third-order valence-corrected chi connectivity index (χ3v) is 2.08. The third kappa shape index (κ3) is 0.827. The Hall–Kier alpha value is -1.31. The van der Waals surface area contributed by atoms with Crippen LogP contribution >= 0.6 is 0 Å². The van der Waals surface area contributed by atoms with Gasteiger partial charge in [-0.2, -0.15) is 0 Å². The topological polar surface area (TPSA) is 17.3 Å². The van der Waals surface area contributed by atoms with Gasteiger partial charge >= 0.3 is 0 Å². The van der Waals surface area contributed by atoms with E-state index in [1.54, 1.807) is 0 Å². The molecule has 2 heteroatoms. The minimum absolute atomic E-state index is 1.06. The van der Waals surface area contributed by atoms with Crippen molar-refractivity contribution in [3.8, 4) is 0 Å². The van der Waals surface area contributed by atoms with Crippen molar-refractivity contribution in [2.24, 2.45) is 0 Å². The molecule has 56 valence electrons. The Morgan fingerprint density at radius 3 is 2.91 bits per heavy atom. The number of aromatic nitrogens is 2. The smallest absolute Gasteiger partial charge is 0.139 e. The summed E-state index contributed by atoms with van der Waals surface area (Å²) in [5, 5.41) is 0. The molecule has 0 saturated carbocycles. The first-order valence-electron chi connectivity index (χ1n) is 3.68. The van der Waals surface area contributed by atoms with Gasteiger partial charge in [-0.15, -0.1) is 0 Å². The molecule has 0 aliphatic carbocycles. The molecule has 2 heterocycles. The summed E-state index contributed by atoms with van der Waals surface area (Å²) in [4.78, 5) is 4.24. The quantitative estimate of drug-likeness (QED) is 0.555. The molecule has 2 rings (SSSR count). The molecule has 0 radical (unpaired) electrons. The Morgan fingerprint density at radius 2 is 2.09 bits per heavy atom. The van der Waals surface area contributed by atoms with E-state index in [-0.39, 0.29) is 0 Å². The number of fused-ring (bicyclic) bond motifs is 1. The summed E-state index contributed by atoms with van der Waals surface area (Å²) in [5.41, 5.74) is 3.62. The van der Waals surface area contributed by atoms with Gasteiger partial charge in [0.05, 0.1) is 0 Å². The number of hydrogen-bond acceptors (Lipinski definition) is 1. The first kappa shape index (κ1) is 6.40. The zero-order valence-corrected chi connectivity index (χ0v) is 6.70. The van der Waals surface area contributed by atoms with E-state index < -0.39 is 0 Å². The average molecular weight is 146 g/mol. The Kier molecular flexibility index (Phi) is 1.22. The van der Waals surface area contributed by atoms with Gasteiger partial charge in [-0.25, -0.2) is 4.98 Å². The monoisotopic (exact) mass is 146 g/mol. The zero-order chi connectivity index (χ0) is 7.84. The maximum atomic E-state index is 4.24. The summed E-state index contributed by atoms with van der Waals surface area (Å²) in [7, 11) is 0. The van der Waals surface area contributed by atoms with Crippen LogP contribution in [0.25, 0.3) is 5.65 Å². The Balaban J connectivity index is 2.93. The van der Waals surface area contributed by atoms with E-state index in [1.165, 1.54) is 11.1 Å². The molecule has 0 N–H and O–H groups in total. The van der Waals surface area contributed by atoms with Crippen LogP contribution in [0, 0.1) is 13.8 Å². The van der Waals surface area contributed by atoms with Crippen molar-refractivity contribution < 1.29 is 0 Å². The lowest BCUT2D eigenvalue weighted by Gasteiger charge is -2.00. The van der Waals surface area contributed by atoms with E-state index in [0.717, 1.165) is 5.65 Å². The van der Waals surface area contributed by atoms with E-state index in [0.29, 0.717) is 0 Å². The Morgan fingerprint density at radius 1 is 1.27 bits per heavy atom. The van der Waals surface area contributed by atoms with Gasteiger partial charge in [-0.1, -0.05) is 0 Å². The molecular formula is C9H10N2. The molecule has 0 spiro atoms. The van der Waals surface area contributed by atoms with Gasteiger partial charge in [0.2, 0.25) is 0 Å². The van der Waals surface area contributed by atoms with E-state index in [1.807, 2.05) is 23.0 Å². The van der Waals surface area contributed by atoms with E-state index in [4.69, 9.17) is 0 Å². The highest BCUT2D eigenvalue weighted by atomic mass is 15.0. The van der Waals surface area contributed by atoms with Gasteiger partial charge in [0.15, 0.2) is 0 Å². The van der Waals surface area contributed by atoms with Gasteiger partial charge in [-0.05, 0) is 31.0 Å². The summed E-state index contributed by atoms with van der Waals surface area (Å²) in [6, 6.07) is 2.10. The molecule has 2 aromatic heterocycles. The second-order valence-corrected chi connectivity index (χ2v) is 2.78. The molecule has 0 atom stereocenters. The average Bonchev–Trinajstić information content (AvgIpc) is 2.45. The fraction of sp³-hybridized carbons (Fsp3) is 0.222. The predicted octanol–water partition coefficient (Wildman–Crippen LogP) is 1.95. The van der Waals surface area contributed by atoms with Crippen molar-refractivity contribution in [1.29, 1.82) is 0 Å². The molecule has 2 aromatic rings. The summed E-state index contributed by atoms with van der Waals surface area (Å²) in [6.45, 7) is 4.20. The van der Waals surface area contributed by atoms with Gasteiger partial charge in [0.1, 0.15) is 5.65 Å². The van der Waals surface area contributed by atoms with Crippen LogP contribution in [0.4, 0.5) is 0 Å². The second-order valence-electron chi connectivity index (χ2n) is 2.78. The van der Waals surface area contributed by atoms with Crippen LogP contribution in [-0.2, 0) is 0 Å². The van der Waals surface area contributed by atoms with Crippen LogP contribution in [-0.4, -0.2) is 9.38 Å². The van der Waals surface area contributed by atoms with Crippen LogP contribution in [0.1, 0.15) is 11.1 Å². The molecule has 0 fully saturated rings. The Labute approximate surface area is 65.5 Å². The highest BCUT2D eigenvalue weighted by Crippen LogP contribution is 2.11. The predicted molar refractivity (Wildman–Crippen MR) is 44.7 cm³/mol. The molecular weight excluding hydrogens is 136 g/mol. The van der Waals surface area contributed by atoms with Gasteiger partial charge in [-0.3, -0.25) is 0 Å². The lowest BCUT2D eigenvalue weighted by Crippen LogP contribution is -1.89. The van der Waals surface area contributed by atoms with Gasteiger partial charge in [0.25, 0.3) is 0 Å². The zero-order valence-electron chi connectivity index (χ0n) is 6.70. The summed E-state index contributed by atoms with van der Waals surface area (Å²) in [6.07, 6.45) is 5.81. The first-order chi connectivity index (χ1) is 5.29. The van der Waals surface area contributed by atoms with Crippen LogP contribution in [0.2, 0.25) is 0 Å². The van der Waals surface area contributed by atoms with Crippen LogP contribution in [0.5, 0.6) is 0 Å². The number of hydrogen-bond donors (Lipinski definition) is 0. The highest BCUT2D eigenvalue weighted by Gasteiger charge is 1.98. The summed E-state index contributed by atoms with van der Waals surface area (Å²) >= 11 is 0. The lowest BCUT2D eigenvalue weighted by atomic mass is 10.2. The van der Waals surface area contributed by atoms with Crippen LogP contribution < -0.4 is 0 Å².